The number of esters is 1. The van der Waals surface area contributed by atoms with Gasteiger partial charge in [-0.3, -0.25) is 14.4 Å². The van der Waals surface area contributed by atoms with Crippen molar-refractivity contribution < 1.29 is 65.1 Å². The zero-order chi connectivity index (χ0) is 33.2. The molecule has 2 saturated carbocycles. The summed E-state index contributed by atoms with van der Waals surface area (Å²) in [5, 5.41) is 19.7. The average molecular weight is 645 g/mol. The van der Waals surface area contributed by atoms with E-state index in [1.54, 1.807) is 27.7 Å². The molecule has 0 radical (unpaired) electrons. The molecule has 2 saturated heterocycles. The second-order valence-electron chi connectivity index (χ2n) is 14.5. The number of fused-ring (bicyclic) bond motifs is 5. The predicted molar refractivity (Wildman–Crippen MR) is 141 cm³/mol. The highest BCUT2D eigenvalue weighted by Gasteiger charge is 2.70. The Balaban J connectivity index is 1.66. The molecule has 2 aliphatic heterocycles. The first kappa shape index (κ1) is 34.8. The van der Waals surface area contributed by atoms with Gasteiger partial charge in [0.15, 0.2) is 10.8 Å². The molecule has 14 heteroatoms. The second kappa shape index (κ2) is 11.6. The molecular formula is C30H42F6O8. The van der Waals surface area contributed by atoms with Gasteiger partial charge in [0, 0.05) is 12.5 Å². The van der Waals surface area contributed by atoms with Crippen molar-refractivity contribution in [1.82, 2.24) is 0 Å². The molecule has 44 heavy (non-hydrogen) atoms. The molecule has 4 aliphatic rings. The maximum atomic E-state index is 15.1. The number of carbonyl (C=O) groups excluding carboxylic acids is 1. The molecule has 0 aromatic rings. The summed E-state index contributed by atoms with van der Waals surface area (Å²) in [5.74, 6) is -8.23. The Morgan fingerprint density at radius 3 is 2.00 bits per heavy atom. The van der Waals surface area contributed by atoms with Crippen molar-refractivity contribution in [3.05, 3.63) is 0 Å². The van der Waals surface area contributed by atoms with Crippen LogP contribution in [0.15, 0.2) is 0 Å². The molecular weight excluding hydrogens is 602 g/mol. The Bertz CT molecular complexity index is 1120. The fourth-order valence-electron chi connectivity index (χ4n) is 8.25. The van der Waals surface area contributed by atoms with Crippen molar-refractivity contribution in [3.63, 3.8) is 0 Å². The van der Waals surface area contributed by atoms with E-state index in [1.807, 2.05) is 0 Å². The van der Waals surface area contributed by atoms with Crippen LogP contribution in [0.3, 0.4) is 0 Å². The van der Waals surface area contributed by atoms with Crippen molar-refractivity contribution in [1.29, 1.82) is 0 Å². The minimum atomic E-state index is -5.44. The lowest BCUT2D eigenvalue weighted by molar-refractivity contribution is -0.283. The lowest BCUT2D eigenvalue weighted by Gasteiger charge is -2.50. The van der Waals surface area contributed by atoms with Crippen molar-refractivity contribution in [2.45, 2.75) is 116 Å². The summed E-state index contributed by atoms with van der Waals surface area (Å²) in [5.41, 5.74) is -7.78. The van der Waals surface area contributed by atoms with Crippen LogP contribution in [0.1, 0.15) is 79.6 Å². The molecule has 8 nitrogen and oxygen atoms in total. The van der Waals surface area contributed by atoms with E-state index in [-0.39, 0.29) is 30.8 Å². The van der Waals surface area contributed by atoms with Crippen LogP contribution in [-0.2, 0) is 28.6 Å². The number of aliphatic carboxylic acids is 2. The molecule has 11 unspecified atom stereocenters. The average Bonchev–Trinajstić information content (AvgIpc) is 3.44. The Morgan fingerprint density at radius 1 is 0.841 bits per heavy atom. The maximum absolute atomic E-state index is 15.1. The minimum Gasteiger partial charge on any atom is -0.481 e. The molecule has 11 atom stereocenters. The number of rotatable bonds is 8. The van der Waals surface area contributed by atoms with Gasteiger partial charge in [0.1, 0.15) is 5.60 Å². The molecule has 2 aliphatic carbocycles. The number of halogens is 6. The predicted octanol–water partition coefficient (Wildman–Crippen LogP) is 6.26. The third-order valence-electron chi connectivity index (χ3n) is 10.6. The minimum absolute atomic E-state index is 0.0242. The summed E-state index contributed by atoms with van der Waals surface area (Å²) in [6.07, 6.45) is -15.8. The Morgan fingerprint density at radius 2 is 1.48 bits per heavy atom. The molecule has 0 aromatic heterocycles. The highest BCUT2D eigenvalue weighted by Crippen LogP contribution is 2.60. The van der Waals surface area contributed by atoms with Gasteiger partial charge in [0.25, 0.3) is 0 Å². The second-order valence-corrected chi connectivity index (χ2v) is 14.5. The molecule has 2 heterocycles. The van der Waals surface area contributed by atoms with E-state index in [1.165, 1.54) is 0 Å². The number of hydrogen-bond donors (Lipinski definition) is 2. The molecule has 0 spiro atoms. The van der Waals surface area contributed by atoms with Gasteiger partial charge in [0.05, 0.1) is 24.2 Å². The SMILES string of the molecule is CC1CC2C3CC(C(=O)OC(C)(C)C)C(C3)C2OC1CC(C(=O)O)(C1CCCOC1CC(C)(C(=O)O)C(F)(F)F)C(F)(F)F. The van der Waals surface area contributed by atoms with Crippen LogP contribution in [0.25, 0.3) is 0 Å². The van der Waals surface area contributed by atoms with Crippen LogP contribution in [0.2, 0.25) is 0 Å². The summed E-state index contributed by atoms with van der Waals surface area (Å²) in [7, 11) is 0. The maximum Gasteiger partial charge on any atom is 0.405 e. The summed E-state index contributed by atoms with van der Waals surface area (Å²) in [6, 6.07) is 0. The smallest absolute Gasteiger partial charge is 0.405 e. The number of ether oxygens (including phenoxy) is 3. The number of carboxylic acids is 2. The van der Waals surface area contributed by atoms with Crippen molar-refractivity contribution in [2.24, 2.45) is 46.3 Å². The van der Waals surface area contributed by atoms with Crippen LogP contribution in [-0.4, -0.2) is 71.0 Å². The van der Waals surface area contributed by atoms with Gasteiger partial charge in [0.2, 0.25) is 0 Å². The topological polar surface area (TPSA) is 119 Å². The molecule has 0 aromatic carbocycles. The molecule has 2 bridgehead atoms. The van der Waals surface area contributed by atoms with E-state index >= 15 is 13.2 Å². The van der Waals surface area contributed by atoms with E-state index in [0.717, 1.165) is 0 Å². The van der Waals surface area contributed by atoms with Gasteiger partial charge in [-0.25, -0.2) is 0 Å². The normalized spacial score (nSPS) is 37.0. The Kier molecular flexibility index (Phi) is 9.18. The number of alkyl halides is 6. The first-order valence-electron chi connectivity index (χ1n) is 15.1. The Labute approximate surface area is 252 Å². The van der Waals surface area contributed by atoms with E-state index in [2.05, 4.69) is 0 Å². The van der Waals surface area contributed by atoms with Gasteiger partial charge in [-0.1, -0.05) is 6.92 Å². The lowest BCUT2D eigenvalue weighted by Crippen LogP contribution is -2.60. The van der Waals surface area contributed by atoms with E-state index < -0.39 is 102 Å². The first-order valence-corrected chi connectivity index (χ1v) is 15.1. The number of hydrogen-bond acceptors (Lipinski definition) is 6. The highest BCUT2D eigenvalue weighted by atomic mass is 19.4. The largest absolute Gasteiger partial charge is 0.481 e. The fourth-order valence-corrected chi connectivity index (χ4v) is 8.25. The third kappa shape index (κ3) is 6.05. The van der Waals surface area contributed by atoms with E-state index in [0.29, 0.717) is 26.2 Å². The fraction of sp³-hybridized carbons (Fsp3) is 0.900. The number of carbonyl (C=O) groups is 3. The molecule has 4 fully saturated rings. The van der Waals surface area contributed by atoms with Crippen LogP contribution >= 0.6 is 0 Å². The highest BCUT2D eigenvalue weighted by molar-refractivity contribution is 5.77. The van der Waals surface area contributed by atoms with E-state index in [4.69, 9.17) is 14.2 Å². The van der Waals surface area contributed by atoms with Gasteiger partial charge in [-0.15, -0.1) is 0 Å². The standard InChI is InChI=1S/C30H42F6O8/c1-14-9-16-15-10-17(18(11-15)23(37)44-26(2,3)4)22(16)43-20(14)13-28(25(40)41,30(34,35)36)19-7-6-8-42-21(19)12-27(5,24(38)39)29(31,32)33/h14-22H,6-13H2,1-5H3,(H,38,39)(H,40,41). The van der Waals surface area contributed by atoms with Crippen molar-refractivity contribution in [2.75, 3.05) is 6.61 Å². The lowest BCUT2D eigenvalue weighted by atomic mass is 9.62. The van der Waals surface area contributed by atoms with E-state index in [9.17, 15) is 37.8 Å². The van der Waals surface area contributed by atoms with Crippen molar-refractivity contribution >= 4 is 17.9 Å². The summed E-state index contributed by atoms with van der Waals surface area (Å²) < 4.78 is 104. The molecule has 252 valence electrons. The van der Waals surface area contributed by atoms with Crippen LogP contribution in [0.4, 0.5) is 26.3 Å². The molecule has 2 N–H and O–H groups in total. The summed E-state index contributed by atoms with van der Waals surface area (Å²) >= 11 is 0. The third-order valence-corrected chi connectivity index (χ3v) is 10.6. The van der Waals surface area contributed by atoms with Gasteiger partial charge < -0.3 is 24.4 Å². The van der Waals surface area contributed by atoms with Crippen LogP contribution < -0.4 is 0 Å². The van der Waals surface area contributed by atoms with Gasteiger partial charge >= 0.3 is 30.3 Å². The quantitative estimate of drug-likeness (QED) is 0.235. The van der Waals surface area contributed by atoms with Crippen molar-refractivity contribution in [3.8, 4) is 0 Å². The molecule has 4 rings (SSSR count). The zero-order valence-corrected chi connectivity index (χ0v) is 25.5. The summed E-state index contributed by atoms with van der Waals surface area (Å²) in [6.45, 7) is 6.98. The number of carboxylic acid groups (broad SMARTS) is 2. The monoisotopic (exact) mass is 644 g/mol. The zero-order valence-electron chi connectivity index (χ0n) is 25.5. The molecule has 0 amide bonds. The first-order chi connectivity index (χ1) is 20.0. The van der Waals surface area contributed by atoms with Crippen LogP contribution in [0, 0.1) is 46.3 Å². The Hall–Kier alpha value is -2.09. The van der Waals surface area contributed by atoms with Crippen LogP contribution in [0.5, 0.6) is 0 Å². The summed E-state index contributed by atoms with van der Waals surface area (Å²) in [4.78, 5) is 37.5. The van der Waals surface area contributed by atoms with Gasteiger partial charge in [-0.05, 0) is 96.3 Å². The van der Waals surface area contributed by atoms with Gasteiger partial charge in [-0.2, -0.15) is 26.3 Å².